The van der Waals surface area contributed by atoms with Crippen LogP contribution in [0.4, 0.5) is 4.39 Å². The van der Waals surface area contributed by atoms with Crippen LogP contribution < -0.4 is 0 Å². The van der Waals surface area contributed by atoms with Gasteiger partial charge in [-0.2, -0.15) is 0 Å². The van der Waals surface area contributed by atoms with Crippen LogP contribution in [0.1, 0.15) is 20.8 Å². The number of benzene rings is 2. The molecule has 9 heteroatoms. The fourth-order valence-electron chi connectivity index (χ4n) is 4.98. The third kappa shape index (κ3) is 4.00. The third-order valence-electron chi connectivity index (χ3n) is 6.95. The van der Waals surface area contributed by atoms with Crippen LogP contribution >= 0.6 is 11.3 Å². The average molecular weight is 490 g/mol. The standard InChI is InChI=1S/C26H24FN5O2S/c27-18-4-3-5-19(12-18)32-15-22(21-6-1-2-7-24(21)32)25(33)31-13-20(14-31)29-8-10-30(11-9-29)26(34)23-16-35-17-28-23/h1-7,12,15-17,20H,8-11,13-14H2. The zero-order valence-corrected chi connectivity index (χ0v) is 19.8. The van der Waals surface area contributed by atoms with Crippen LogP contribution in [0.5, 0.6) is 0 Å². The lowest BCUT2D eigenvalue weighted by Gasteiger charge is -2.48. The molecule has 0 atom stereocenters. The maximum absolute atomic E-state index is 13.9. The number of piperazine rings is 1. The molecule has 2 fully saturated rings. The van der Waals surface area contributed by atoms with E-state index in [9.17, 15) is 14.0 Å². The molecule has 2 aromatic carbocycles. The first-order valence-electron chi connectivity index (χ1n) is 11.7. The number of carbonyl (C=O) groups excluding carboxylic acids is 2. The zero-order chi connectivity index (χ0) is 23.9. The summed E-state index contributed by atoms with van der Waals surface area (Å²) in [5, 5.41) is 2.65. The summed E-state index contributed by atoms with van der Waals surface area (Å²) in [4.78, 5) is 36.2. The maximum atomic E-state index is 13.9. The van der Waals surface area contributed by atoms with Crippen LogP contribution in [0.25, 0.3) is 16.6 Å². The van der Waals surface area contributed by atoms with Crippen LogP contribution in [-0.4, -0.2) is 81.4 Å². The fourth-order valence-corrected chi connectivity index (χ4v) is 5.51. The van der Waals surface area contributed by atoms with E-state index in [1.165, 1.54) is 23.5 Å². The summed E-state index contributed by atoms with van der Waals surface area (Å²) < 4.78 is 15.7. The topological polar surface area (TPSA) is 61.7 Å². The van der Waals surface area contributed by atoms with Gasteiger partial charge in [-0.25, -0.2) is 9.37 Å². The molecule has 0 N–H and O–H groups in total. The number of para-hydroxylation sites is 1. The molecular formula is C26H24FN5O2S. The van der Waals surface area contributed by atoms with Gasteiger partial charge >= 0.3 is 0 Å². The molecule has 2 aliphatic heterocycles. The van der Waals surface area contributed by atoms with E-state index in [1.54, 1.807) is 17.0 Å². The molecule has 0 spiro atoms. The van der Waals surface area contributed by atoms with Crippen molar-refractivity contribution in [2.24, 2.45) is 0 Å². The first kappa shape index (κ1) is 21.9. The minimum absolute atomic E-state index is 0.00833. The summed E-state index contributed by atoms with van der Waals surface area (Å²) in [5.41, 5.74) is 4.38. The summed E-state index contributed by atoms with van der Waals surface area (Å²) in [6, 6.07) is 14.4. The summed E-state index contributed by atoms with van der Waals surface area (Å²) in [6.45, 7) is 4.25. The SMILES string of the molecule is O=C(c1cscn1)N1CCN(C2CN(C(=O)c3cn(-c4cccc(F)c4)c4ccccc34)C2)CC1. The molecule has 0 unspecified atom stereocenters. The first-order valence-corrected chi connectivity index (χ1v) is 12.6. The third-order valence-corrected chi connectivity index (χ3v) is 7.53. The minimum atomic E-state index is -0.313. The lowest BCUT2D eigenvalue weighted by atomic mass is 10.0. The van der Waals surface area contributed by atoms with Crippen molar-refractivity contribution in [3.63, 3.8) is 0 Å². The highest BCUT2D eigenvalue weighted by atomic mass is 32.1. The highest BCUT2D eigenvalue weighted by Gasteiger charge is 2.38. The number of halogens is 1. The van der Waals surface area contributed by atoms with Crippen molar-refractivity contribution < 1.29 is 14.0 Å². The second-order valence-corrected chi connectivity index (χ2v) is 9.69. The Balaban J connectivity index is 1.13. The number of rotatable bonds is 4. The quantitative estimate of drug-likeness (QED) is 0.440. The second-order valence-electron chi connectivity index (χ2n) is 8.98. The van der Waals surface area contributed by atoms with Crippen LogP contribution in [0.2, 0.25) is 0 Å². The normalized spacial score (nSPS) is 17.1. The van der Waals surface area contributed by atoms with E-state index in [2.05, 4.69) is 9.88 Å². The molecule has 2 aliphatic rings. The molecule has 2 saturated heterocycles. The summed E-state index contributed by atoms with van der Waals surface area (Å²) in [7, 11) is 0. The van der Waals surface area contributed by atoms with Gasteiger partial charge in [-0.05, 0) is 24.3 Å². The van der Waals surface area contributed by atoms with Crippen molar-refractivity contribution in [1.29, 1.82) is 0 Å². The molecule has 7 nitrogen and oxygen atoms in total. The lowest BCUT2D eigenvalue weighted by molar-refractivity contribution is 0.00854. The molecule has 0 radical (unpaired) electrons. The number of aromatic nitrogens is 2. The van der Waals surface area contributed by atoms with Crippen molar-refractivity contribution in [1.82, 2.24) is 24.3 Å². The number of likely N-dealkylation sites (tertiary alicyclic amines) is 1. The molecule has 178 valence electrons. The van der Waals surface area contributed by atoms with Gasteiger partial charge in [0.15, 0.2) is 0 Å². The number of amides is 2. The monoisotopic (exact) mass is 489 g/mol. The van der Waals surface area contributed by atoms with Gasteiger partial charge in [-0.1, -0.05) is 24.3 Å². The number of hydrogen-bond donors (Lipinski definition) is 0. The molecule has 2 amide bonds. The molecule has 6 rings (SSSR count). The number of hydrogen-bond acceptors (Lipinski definition) is 5. The lowest BCUT2D eigenvalue weighted by Crippen LogP contribution is -2.64. The predicted octanol–water partition coefficient (Wildman–Crippen LogP) is 3.51. The van der Waals surface area contributed by atoms with Gasteiger partial charge in [-0.15, -0.1) is 11.3 Å². The van der Waals surface area contributed by atoms with Gasteiger partial charge in [-0.3, -0.25) is 14.5 Å². The van der Waals surface area contributed by atoms with E-state index < -0.39 is 0 Å². The Bertz CT molecular complexity index is 1390. The first-order chi connectivity index (χ1) is 17.1. The van der Waals surface area contributed by atoms with Gasteiger partial charge in [0.05, 0.1) is 16.6 Å². The van der Waals surface area contributed by atoms with Crippen molar-refractivity contribution in [3.8, 4) is 5.69 Å². The largest absolute Gasteiger partial charge is 0.335 e. The van der Waals surface area contributed by atoms with Gasteiger partial charge in [0.25, 0.3) is 11.8 Å². The van der Waals surface area contributed by atoms with Crippen LogP contribution in [0.3, 0.4) is 0 Å². The Hall–Kier alpha value is -3.56. The molecule has 4 aromatic rings. The number of nitrogens with zero attached hydrogens (tertiary/aromatic N) is 5. The molecule has 35 heavy (non-hydrogen) atoms. The van der Waals surface area contributed by atoms with Crippen LogP contribution in [-0.2, 0) is 0 Å². The predicted molar refractivity (Wildman–Crippen MR) is 133 cm³/mol. The van der Waals surface area contributed by atoms with Crippen molar-refractivity contribution in [3.05, 3.63) is 82.7 Å². The second kappa shape index (κ2) is 8.90. The Morgan fingerprint density at radius 3 is 2.49 bits per heavy atom. The van der Waals surface area contributed by atoms with Crippen LogP contribution in [0.15, 0.2) is 65.6 Å². The van der Waals surface area contributed by atoms with E-state index in [0.29, 0.717) is 49.2 Å². The van der Waals surface area contributed by atoms with Gasteiger partial charge < -0.3 is 14.4 Å². The molecule has 2 aromatic heterocycles. The van der Waals surface area contributed by atoms with Crippen molar-refractivity contribution in [2.75, 3.05) is 39.3 Å². The van der Waals surface area contributed by atoms with E-state index in [-0.39, 0.29) is 17.6 Å². The van der Waals surface area contributed by atoms with Crippen molar-refractivity contribution in [2.45, 2.75) is 6.04 Å². The average Bonchev–Trinajstić information content (AvgIpc) is 3.52. The highest BCUT2D eigenvalue weighted by molar-refractivity contribution is 7.07. The smallest absolute Gasteiger partial charge is 0.273 e. The molecule has 0 aliphatic carbocycles. The van der Waals surface area contributed by atoms with Gasteiger partial charge in [0.2, 0.25) is 0 Å². The van der Waals surface area contributed by atoms with Gasteiger partial charge in [0.1, 0.15) is 11.5 Å². The Morgan fingerprint density at radius 1 is 0.943 bits per heavy atom. The Labute approximate surface area is 206 Å². The molecule has 0 saturated carbocycles. The minimum Gasteiger partial charge on any atom is -0.335 e. The molecule has 0 bridgehead atoms. The van der Waals surface area contributed by atoms with E-state index in [1.807, 2.05) is 50.9 Å². The van der Waals surface area contributed by atoms with E-state index in [4.69, 9.17) is 0 Å². The van der Waals surface area contributed by atoms with E-state index >= 15 is 0 Å². The van der Waals surface area contributed by atoms with Gasteiger partial charge in [0, 0.05) is 68.0 Å². The maximum Gasteiger partial charge on any atom is 0.273 e. The number of fused-ring (bicyclic) bond motifs is 1. The summed E-state index contributed by atoms with van der Waals surface area (Å²) >= 11 is 1.43. The number of thiazole rings is 1. The Morgan fingerprint density at radius 2 is 1.74 bits per heavy atom. The zero-order valence-electron chi connectivity index (χ0n) is 19.0. The highest BCUT2D eigenvalue weighted by Crippen LogP contribution is 2.28. The van der Waals surface area contributed by atoms with Crippen LogP contribution in [0, 0.1) is 5.82 Å². The summed E-state index contributed by atoms with van der Waals surface area (Å²) in [5.74, 6) is -0.330. The summed E-state index contributed by atoms with van der Waals surface area (Å²) in [6.07, 6.45) is 1.82. The number of carbonyl (C=O) groups is 2. The van der Waals surface area contributed by atoms with Crippen molar-refractivity contribution >= 4 is 34.1 Å². The molecular weight excluding hydrogens is 465 g/mol. The van der Waals surface area contributed by atoms with E-state index in [0.717, 1.165) is 24.0 Å². The fraction of sp³-hybridized carbons (Fsp3) is 0.269. The molecule has 4 heterocycles. The Kier molecular flexibility index (Phi) is 5.58.